The van der Waals surface area contributed by atoms with Crippen LogP contribution in [-0.2, 0) is 4.79 Å². The Bertz CT molecular complexity index is 381. The molecule has 16 heavy (non-hydrogen) atoms. The number of nitrogen functional groups attached to an aromatic ring is 1. The highest BCUT2D eigenvalue weighted by molar-refractivity contribution is 7.10. The van der Waals surface area contributed by atoms with Gasteiger partial charge in [-0.25, -0.2) is 0 Å². The summed E-state index contributed by atoms with van der Waals surface area (Å²) in [6.45, 7) is 7.95. The highest BCUT2D eigenvalue weighted by Gasteiger charge is 2.14. The minimum Gasteiger partial charge on any atom is -0.383 e. The molecule has 4 N–H and O–H groups in total. The third-order valence-corrected chi connectivity index (χ3v) is 2.81. The van der Waals surface area contributed by atoms with E-state index in [-0.39, 0.29) is 18.0 Å². The summed E-state index contributed by atoms with van der Waals surface area (Å²) in [5, 5.41) is 6.74. The summed E-state index contributed by atoms with van der Waals surface area (Å²) in [7, 11) is 0. The lowest BCUT2D eigenvalue weighted by molar-refractivity contribution is -0.120. The second-order valence-electron chi connectivity index (χ2n) is 4.67. The number of hydrogen-bond acceptors (Lipinski definition) is 5. The van der Waals surface area contributed by atoms with E-state index in [0.717, 1.165) is 10.6 Å². The Balaban J connectivity index is 2.47. The molecule has 1 aromatic heterocycles. The van der Waals surface area contributed by atoms with Crippen LogP contribution in [0.4, 0.5) is 10.8 Å². The number of rotatable bonds is 3. The van der Waals surface area contributed by atoms with Crippen molar-refractivity contribution in [1.29, 1.82) is 0 Å². The van der Waals surface area contributed by atoms with Crippen molar-refractivity contribution in [2.75, 3.05) is 17.6 Å². The van der Waals surface area contributed by atoms with Gasteiger partial charge in [0.15, 0.2) is 0 Å². The summed E-state index contributed by atoms with van der Waals surface area (Å²) in [5.74, 6) is 0.475. The van der Waals surface area contributed by atoms with Gasteiger partial charge in [0.1, 0.15) is 10.8 Å². The topological polar surface area (TPSA) is 80.0 Å². The number of anilines is 2. The fourth-order valence-corrected chi connectivity index (χ4v) is 1.84. The summed E-state index contributed by atoms with van der Waals surface area (Å²) < 4.78 is 3.99. The molecule has 0 bridgehead atoms. The number of carbonyl (C=O) groups is 1. The molecule has 0 aliphatic carbocycles. The molecular weight excluding hydrogens is 224 g/mol. The molecule has 0 saturated heterocycles. The normalized spacial score (nSPS) is 11.2. The van der Waals surface area contributed by atoms with Gasteiger partial charge in [0.25, 0.3) is 0 Å². The summed E-state index contributed by atoms with van der Waals surface area (Å²) in [6, 6.07) is 0. The molecule has 1 rings (SSSR count). The number of amides is 1. The highest BCUT2D eigenvalue weighted by Crippen LogP contribution is 2.24. The second-order valence-corrected chi connectivity index (χ2v) is 5.45. The Kier molecular flexibility index (Phi) is 3.74. The van der Waals surface area contributed by atoms with E-state index < -0.39 is 0 Å². The van der Waals surface area contributed by atoms with Gasteiger partial charge in [-0.05, 0) is 39.2 Å². The van der Waals surface area contributed by atoms with Crippen LogP contribution in [0.15, 0.2) is 0 Å². The number of carbonyl (C=O) groups excluding carboxylic acids is 1. The van der Waals surface area contributed by atoms with E-state index in [1.165, 1.54) is 11.5 Å². The van der Waals surface area contributed by atoms with Gasteiger partial charge < -0.3 is 16.4 Å². The van der Waals surface area contributed by atoms with Crippen LogP contribution < -0.4 is 16.4 Å². The second kappa shape index (κ2) is 4.69. The quantitative estimate of drug-likeness (QED) is 0.747. The standard InChI is InChI=1S/C10H18N4OS/c1-6-8(11)14-16-9(6)12-5-7(15)13-10(2,3)4/h12H,5H2,1-4H3,(H2,11,14)(H,13,15). The van der Waals surface area contributed by atoms with Gasteiger partial charge in [-0.2, -0.15) is 4.37 Å². The lowest BCUT2D eigenvalue weighted by Crippen LogP contribution is -2.43. The first-order chi connectivity index (χ1) is 7.29. The lowest BCUT2D eigenvalue weighted by atomic mass is 10.1. The molecule has 0 aliphatic rings. The number of hydrogen-bond donors (Lipinski definition) is 3. The summed E-state index contributed by atoms with van der Waals surface area (Å²) >= 11 is 1.27. The zero-order valence-electron chi connectivity index (χ0n) is 10.0. The van der Waals surface area contributed by atoms with Gasteiger partial charge in [0, 0.05) is 11.1 Å². The average molecular weight is 242 g/mol. The van der Waals surface area contributed by atoms with Gasteiger partial charge in [0.2, 0.25) is 5.91 Å². The first kappa shape index (κ1) is 12.8. The van der Waals surface area contributed by atoms with E-state index in [2.05, 4.69) is 15.0 Å². The minimum atomic E-state index is -0.208. The fraction of sp³-hybridized carbons (Fsp3) is 0.600. The zero-order chi connectivity index (χ0) is 12.3. The predicted octanol–water partition coefficient (Wildman–Crippen LogP) is 1.36. The molecule has 5 nitrogen and oxygen atoms in total. The molecule has 0 radical (unpaired) electrons. The van der Waals surface area contributed by atoms with Gasteiger partial charge >= 0.3 is 0 Å². The Morgan fingerprint density at radius 2 is 2.12 bits per heavy atom. The van der Waals surface area contributed by atoms with Crippen LogP contribution in [0.25, 0.3) is 0 Å². The smallest absolute Gasteiger partial charge is 0.239 e. The van der Waals surface area contributed by atoms with Gasteiger partial charge in [-0.15, -0.1) is 0 Å². The maximum Gasteiger partial charge on any atom is 0.239 e. The van der Waals surface area contributed by atoms with Crippen LogP contribution in [0.2, 0.25) is 0 Å². The van der Waals surface area contributed by atoms with E-state index in [1.54, 1.807) is 0 Å². The van der Waals surface area contributed by atoms with E-state index in [4.69, 9.17) is 5.73 Å². The van der Waals surface area contributed by atoms with E-state index in [0.29, 0.717) is 5.82 Å². The van der Waals surface area contributed by atoms with Gasteiger partial charge in [-0.1, -0.05) is 0 Å². The third kappa shape index (κ3) is 3.69. The molecule has 0 fully saturated rings. The van der Waals surface area contributed by atoms with E-state index >= 15 is 0 Å². The van der Waals surface area contributed by atoms with Crippen LogP contribution in [0.3, 0.4) is 0 Å². The van der Waals surface area contributed by atoms with Crippen molar-refractivity contribution in [3.05, 3.63) is 5.56 Å². The zero-order valence-corrected chi connectivity index (χ0v) is 10.9. The Morgan fingerprint density at radius 1 is 1.50 bits per heavy atom. The monoisotopic (exact) mass is 242 g/mol. The highest BCUT2D eigenvalue weighted by atomic mass is 32.1. The maximum absolute atomic E-state index is 11.5. The molecule has 0 saturated carbocycles. The third-order valence-electron chi connectivity index (χ3n) is 1.88. The van der Waals surface area contributed by atoms with E-state index in [9.17, 15) is 4.79 Å². The Hall–Kier alpha value is -1.30. The van der Waals surface area contributed by atoms with Crippen LogP contribution in [0.1, 0.15) is 26.3 Å². The van der Waals surface area contributed by atoms with Crippen molar-refractivity contribution in [2.45, 2.75) is 33.2 Å². The molecule has 6 heteroatoms. The van der Waals surface area contributed by atoms with Crippen molar-refractivity contribution < 1.29 is 4.79 Å². The average Bonchev–Trinajstić information content (AvgIpc) is 2.42. The van der Waals surface area contributed by atoms with Crippen LogP contribution in [-0.4, -0.2) is 22.4 Å². The molecule has 1 amide bonds. The molecule has 0 spiro atoms. The van der Waals surface area contributed by atoms with Crippen molar-refractivity contribution in [2.24, 2.45) is 0 Å². The molecule has 0 unspecified atom stereocenters. The number of nitrogens with one attached hydrogen (secondary N) is 2. The summed E-state index contributed by atoms with van der Waals surface area (Å²) in [4.78, 5) is 11.5. The van der Waals surface area contributed by atoms with Gasteiger partial charge in [0.05, 0.1) is 6.54 Å². The Labute approximate surface area is 99.6 Å². The molecule has 0 atom stereocenters. The minimum absolute atomic E-state index is 0.0427. The van der Waals surface area contributed by atoms with Crippen LogP contribution in [0, 0.1) is 6.92 Å². The number of nitrogens with zero attached hydrogens (tertiary/aromatic N) is 1. The molecule has 90 valence electrons. The molecule has 1 heterocycles. The largest absolute Gasteiger partial charge is 0.383 e. The molecule has 0 aromatic carbocycles. The van der Waals surface area contributed by atoms with Crippen molar-refractivity contribution >= 4 is 28.3 Å². The maximum atomic E-state index is 11.5. The number of nitrogens with two attached hydrogens (primary N) is 1. The van der Waals surface area contributed by atoms with Crippen LogP contribution in [0.5, 0.6) is 0 Å². The van der Waals surface area contributed by atoms with Crippen molar-refractivity contribution in [1.82, 2.24) is 9.69 Å². The SMILES string of the molecule is Cc1c(N)nsc1NCC(=O)NC(C)(C)C. The van der Waals surface area contributed by atoms with Crippen molar-refractivity contribution in [3.63, 3.8) is 0 Å². The summed E-state index contributed by atoms with van der Waals surface area (Å²) in [5.41, 5.74) is 6.30. The Morgan fingerprint density at radius 3 is 2.56 bits per heavy atom. The van der Waals surface area contributed by atoms with Crippen molar-refractivity contribution in [3.8, 4) is 0 Å². The summed E-state index contributed by atoms with van der Waals surface area (Å²) in [6.07, 6.45) is 0. The fourth-order valence-electron chi connectivity index (χ4n) is 1.14. The lowest BCUT2D eigenvalue weighted by Gasteiger charge is -2.20. The first-order valence-corrected chi connectivity index (χ1v) is 5.83. The first-order valence-electron chi connectivity index (χ1n) is 5.06. The molecule has 0 aliphatic heterocycles. The predicted molar refractivity (Wildman–Crippen MR) is 67.6 cm³/mol. The van der Waals surface area contributed by atoms with Crippen LogP contribution >= 0.6 is 11.5 Å². The van der Waals surface area contributed by atoms with E-state index in [1.807, 2.05) is 27.7 Å². The van der Waals surface area contributed by atoms with Gasteiger partial charge in [-0.3, -0.25) is 4.79 Å². The number of aromatic nitrogens is 1. The molecular formula is C10H18N4OS. The molecule has 1 aromatic rings.